The molecule has 0 saturated heterocycles. The number of anilines is 1. The van der Waals surface area contributed by atoms with Crippen molar-refractivity contribution < 1.29 is 8.42 Å². The maximum absolute atomic E-state index is 12.0. The number of nitrogens with two attached hydrogens (primary N) is 1. The topological polar surface area (TPSA) is 97.1 Å². The molecule has 17 heavy (non-hydrogen) atoms. The highest BCUT2D eigenvalue weighted by molar-refractivity contribution is 7.89. The van der Waals surface area contributed by atoms with Gasteiger partial charge in [0, 0.05) is 12.7 Å². The van der Waals surface area contributed by atoms with Gasteiger partial charge >= 0.3 is 0 Å². The maximum Gasteiger partial charge on any atom is 0.244 e. The first-order valence-corrected chi connectivity index (χ1v) is 6.66. The van der Waals surface area contributed by atoms with Gasteiger partial charge in [-0.15, -0.1) is 0 Å². The van der Waals surface area contributed by atoms with Gasteiger partial charge in [-0.3, -0.25) is 0 Å². The second kappa shape index (κ2) is 4.99. The summed E-state index contributed by atoms with van der Waals surface area (Å²) in [7, 11) is -3.59. The van der Waals surface area contributed by atoms with Gasteiger partial charge in [-0.25, -0.2) is 24.0 Å². The largest absolute Gasteiger partial charge is 0.307 e. The summed E-state index contributed by atoms with van der Waals surface area (Å²) in [5, 5.41) is 0. The summed E-state index contributed by atoms with van der Waals surface area (Å²) >= 11 is 0. The van der Waals surface area contributed by atoms with Crippen LogP contribution in [0.25, 0.3) is 0 Å². The number of nitrogen functional groups attached to an aromatic ring is 1. The molecule has 1 rings (SSSR count). The molecule has 1 heterocycles. The van der Waals surface area contributed by atoms with Gasteiger partial charge in [0.2, 0.25) is 10.0 Å². The Bertz CT molecular complexity index is 479. The van der Waals surface area contributed by atoms with Gasteiger partial charge in [0.05, 0.1) is 0 Å². The zero-order valence-corrected chi connectivity index (χ0v) is 11.0. The van der Waals surface area contributed by atoms with Crippen LogP contribution >= 0.6 is 0 Å². The molecule has 0 aliphatic carbocycles. The fraction of sp³-hybridized carbons (Fsp3) is 0.500. The lowest BCUT2D eigenvalue weighted by atomic mass is 9.98. The molecule has 0 bridgehead atoms. The third-order valence-electron chi connectivity index (χ3n) is 1.99. The molecule has 0 saturated carbocycles. The standard InChI is InChI=1S/C10H18N4O2S/c1-10(2,3)7-13-17(15,16)8-5-4-6-12-9(8)14-11/h4-6,13H,7,11H2,1-3H3,(H,12,14). The molecule has 96 valence electrons. The number of rotatable bonds is 4. The number of hydrogen-bond acceptors (Lipinski definition) is 5. The molecule has 1 aromatic heterocycles. The van der Waals surface area contributed by atoms with E-state index < -0.39 is 10.0 Å². The summed E-state index contributed by atoms with van der Waals surface area (Å²) in [6, 6.07) is 3.00. The third kappa shape index (κ3) is 3.95. The first kappa shape index (κ1) is 13.9. The molecule has 0 aliphatic rings. The van der Waals surface area contributed by atoms with E-state index in [0.29, 0.717) is 6.54 Å². The van der Waals surface area contributed by atoms with E-state index in [2.05, 4.69) is 15.1 Å². The Balaban J connectivity index is 2.98. The number of nitrogens with zero attached hydrogens (tertiary/aromatic N) is 1. The van der Waals surface area contributed by atoms with Crippen LogP contribution in [0.4, 0.5) is 5.82 Å². The van der Waals surface area contributed by atoms with Gasteiger partial charge in [-0.05, 0) is 17.5 Å². The summed E-state index contributed by atoms with van der Waals surface area (Å²) in [5.74, 6) is 5.36. The van der Waals surface area contributed by atoms with Gasteiger partial charge in [-0.1, -0.05) is 20.8 Å². The van der Waals surface area contributed by atoms with Crippen LogP contribution in [-0.2, 0) is 10.0 Å². The fourth-order valence-corrected chi connectivity index (χ4v) is 2.51. The molecule has 0 radical (unpaired) electrons. The predicted molar refractivity (Wildman–Crippen MR) is 66.7 cm³/mol. The first-order chi connectivity index (χ1) is 7.76. The van der Waals surface area contributed by atoms with Crippen LogP contribution in [0, 0.1) is 5.41 Å². The van der Waals surface area contributed by atoms with Crippen molar-refractivity contribution in [1.82, 2.24) is 9.71 Å². The lowest BCUT2D eigenvalue weighted by molar-refractivity contribution is 0.407. The van der Waals surface area contributed by atoms with Crippen molar-refractivity contribution in [3.63, 3.8) is 0 Å². The molecule has 0 atom stereocenters. The molecule has 0 aliphatic heterocycles. The summed E-state index contributed by atoms with van der Waals surface area (Å²) in [5.41, 5.74) is 2.14. The van der Waals surface area contributed by atoms with E-state index in [9.17, 15) is 8.42 Å². The molecular formula is C10H18N4O2S. The van der Waals surface area contributed by atoms with Gasteiger partial charge in [0.1, 0.15) is 4.90 Å². The van der Waals surface area contributed by atoms with Crippen LogP contribution in [0.15, 0.2) is 23.2 Å². The molecule has 6 nitrogen and oxygen atoms in total. The Morgan fingerprint density at radius 3 is 2.59 bits per heavy atom. The van der Waals surface area contributed by atoms with Gasteiger partial charge in [0.25, 0.3) is 0 Å². The number of sulfonamides is 1. The normalized spacial score (nSPS) is 12.5. The molecular weight excluding hydrogens is 240 g/mol. The monoisotopic (exact) mass is 258 g/mol. The SMILES string of the molecule is CC(C)(C)CNS(=O)(=O)c1cccnc1NN. The Morgan fingerprint density at radius 1 is 1.41 bits per heavy atom. The Morgan fingerprint density at radius 2 is 2.06 bits per heavy atom. The minimum absolute atomic E-state index is 0.0479. The zero-order chi connectivity index (χ0) is 13.1. The average molecular weight is 258 g/mol. The number of hydrazine groups is 1. The highest BCUT2D eigenvalue weighted by Gasteiger charge is 2.21. The van der Waals surface area contributed by atoms with Crippen molar-refractivity contribution in [3.05, 3.63) is 18.3 Å². The minimum Gasteiger partial charge on any atom is -0.307 e. The van der Waals surface area contributed by atoms with Crippen molar-refractivity contribution in [3.8, 4) is 0 Å². The molecule has 0 fully saturated rings. The lowest BCUT2D eigenvalue weighted by Crippen LogP contribution is -2.33. The number of nitrogens with one attached hydrogen (secondary N) is 2. The Kier molecular flexibility index (Phi) is 4.07. The van der Waals surface area contributed by atoms with Crippen LogP contribution in [0.3, 0.4) is 0 Å². The summed E-state index contributed by atoms with van der Waals surface area (Å²) in [4.78, 5) is 3.90. The van der Waals surface area contributed by atoms with E-state index >= 15 is 0 Å². The Labute approximate surface area is 102 Å². The van der Waals surface area contributed by atoms with Crippen molar-refractivity contribution in [2.45, 2.75) is 25.7 Å². The second-order valence-electron chi connectivity index (χ2n) is 4.88. The first-order valence-electron chi connectivity index (χ1n) is 5.17. The van der Waals surface area contributed by atoms with E-state index in [1.807, 2.05) is 20.8 Å². The zero-order valence-electron chi connectivity index (χ0n) is 10.2. The van der Waals surface area contributed by atoms with E-state index in [1.54, 1.807) is 6.07 Å². The summed E-state index contributed by atoms with van der Waals surface area (Å²) in [6.45, 7) is 6.18. The molecule has 7 heteroatoms. The second-order valence-corrected chi connectivity index (χ2v) is 6.62. The lowest BCUT2D eigenvalue weighted by Gasteiger charge is -2.19. The molecule has 4 N–H and O–H groups in total. The molecule has 0 spiro atoms. The highest BCUT2D eigenvalue weighted by Crippen LogP contribution is 2.18. The number of hydrogen-bond donors (Lipinski definition) is 3. The number of pyridine rings is 1. The quantitative estimate of drug-likeness (QED) is 0.545. The molecule has 0 amide bonds. The Hall–Kier alpha value is -1.18. The van der Waals surface area contributed by atoms with Crippen LogP contribution in [-0.4, -0.2) is 19.9 Å². The fourth-order valence-electron chi connectivity index (χ4n) is 1.11. The van der Waals surface area contributed by atoms with Gasteiger partial charge < -0.3 is 5.43 Å². The van der Waals surface area contributed by atoms with Crippen molar-refractivity contribution in [1.29, 1.82) is 0 Å². The van der Waals surface area contributed by atoms with E-state index in [-0.39, 0.29) is 16.1 Å². The molecule has 0 aromatic carbocycles. The van der Waals surface area contributed by atoms with E-state index in [4.69, 9.17) is 5.84 Å². The van der Waals surface area contributed by atoms with Crippen LogP contribution < -0.4 is 16.0 Å². The molecule has 1 aromatic rings. The van der Waals surface area contributed by atoms with E-state index in [0.717, 1.165) is 0 Å². The third-order valence-corrected chi connectivity index (χ3v) is 3.42. The predicted octanol–water partition coefficient (Wildman–Crippen LogP) is 0.692. The van der Waals surface area contributed by atoms with Crippen molar-refractivity contribution >= 4 is 15.8 Å². The summed E-state index contributed by atoms with van der Waals surface area (Å²) in [6.07, 6.45) is 1.47. The van der Waals surface area contributed by atoms with Crippen molar-refractivity contribution in [2.24, 2.45) is 11.3 Å². The van der Waals surface area contributed by atoms with Crippen LogP contribution in [0.2, 0.25) is 0 Å². The van der Waals surface area contributed by atoms with Crippen molar-refractivity contribution in [2.75, 3.05) is 12.0 Å². The maximum atomic E-state index is 12.0. The smallest absolute Gasteiger partial charge is 0.244 e. The number of aromatic nitrogens is 1. The molecule has 0 unspecified atom stereocenters. The van der Waals surface area contributed by atoms with Gasteiger partial charge in [-0.2, -0.15) is 0 Å². The summed E-state index contributed by atoms with van der Waals surface area (Å²) < 4.78 is 26.6. The minimum atomic E-state index is -3.59. The van der Waals surface area contributed by atoms with Crippen LogP contribution in [0.5, 0.6) is 0 Å². The van der Waals surface area contributed by atoms with Gasteiger partial charge in [0.15, 0.2) is 5.82 Å². The average Bonchev–Trinajstić information content (AvgIpc) is 2.26. The van der Waals surface area contributed by atoms with E-state index in [1.165, 1.54) is 12.3 Å². The highest BCUT2D eigenvalue weighted by atomic mass is 32.2. The van der Waals surface area contributed by atoms with Crippen LogP contribution in [0.1, 0.15) is 20.8 Å².